The molecule has 41 heavy (non-hydrogen) atoms. The number of ether oxygens (including phenoxy) is 1. The van der Waals surface area contributed by atoms with E-state index in [1.807, 2.05) is 16.7 Å². The van der Waals surface area contributed by atoms with Crippen LogP contribution < -0.4 is 15.3 Å². The minimum Gasteiger partial charge on any atom is -0.508 e. The first-order valence-electron chi connectivity index (χ1n) is 13.9. The lowest BCUT2D eigenvalue weighted by atomic mass is 9.95. The molecule has 11 heteroatoms. The number of aromatic nitrogens is 2. The quantitative estimate of drug-likeness (QED) is 0.348. The number of aromatic hydroxyl groups is 1. The van der Waals surface area contributed by atoms with E-state index < -0.39 is 17.6 Å². The fourth-order valence-corrected chi connectivity index (χ4v) is 7.64. The van der Waals surface area contributed by atoms with E-state index in [9.17, 15) is 14.3 Å². The topological polar surface area (TPSA) is 91.9 Å². The summed E-state index contributed by atoms with van der Waals surface area (Å²) < 4.78 is 41.6. The van der Waals surface area contributed by atoms with Crippen molar-refractivity contribution in [2.45, 2.75) is 37.9 Å². The van der Waals surface area contributed by atoms with Gasteiger partial charge in [0.25, 0.3) is 0 Å². The Bertz CT molecular complexity index is 1730. The molecule has 2 atom stereocenters. The number of rotatable bonds is 5. The largest absolute Gasteiger partial charge is 0.508 e. The van der Waals surface area contributed by atoms with Gasteiger partial charge in [0.05, 0.1) is 11.1 Å². The Balaban J connectivity index is 1.39. The van der Waals surface area contributed by atoms with Crippen molar-refractivity contribution in [3.63, 3.8) is 0 Å². The van der Waals surface area contributed by atoms with E-state index in [0.29, 0.717) is 48.3 Å². The van der Waals surface area contributed by atoms with Crippen LogP contribution in [0.5, 0.6) is 11.8 Å². The number of hydrogen-bond acceptors (Lipinski definition) is 9. The number of anilines is 1. The van der Waals surface area contributed by atoms with Crippen molar-refractivity contribution in [1.29, 1.82) is 0 Å². The average Bonchev–Trinajstić information content (AvgIpc) is 3.49. The third-order valence-corrected chi connectivity index (χ3v) is 9.60. The number of thioether (sulfide) groups is 1. The van der Waals surface area contributed by atoms with Crippen molar-refractivity contribution in [2.24, 2.45) is 0 Å². The van der Waals surface area contributed by atoms with Gasteiger partial charge in [-0.25, -0.2) is 13.6 Å². The number of aryl methyl sites for hydroxylation is 1. The van der Waals surface area contributed by atoms with Crippen LogP contribution in [0.4, 0.5) is 14.6 Å². The molecule has 0 aliphatic carbocycles. The summed E-state index contributed by atoms with van der Waals surface area (Å²) in [5.74, 6) is 1.75. The van der Waals surface area contributed by atoms with E-state index in [2.05, 4.69) is 4.90 Å². The fourth-order valence-electron chi connectivity index (χ4n) is 6.73. The second kappa shape index (κ2) is 10.1. The monoisotopic (exact) mass is 580 g/mol. The van der Waals surface area contributed by atoms with Gasteiger partial charge in [-0.3, -0.25) is 4.90 Å². The van der Waals surface area contributed by atoms with Crippen molar-refractivity contribution in [3.05, 3.63) is 52.1 Å². The van der Waals surface area contributed by atoms with Crippen LogP contribution in [0, 0.1) is 12.7 Å². The van der Waals surface area contributed by atoms with E-state index in [4.69, 9.17) is 19.1 Å². The molecule has 7 rings (SSSR count). The zero-order chi connectivity index (χ0) is 28.3. The first-order valence-corrected chi connectivity index (χ1v) is 15.1. The van der Waals surface area contributed by atoms with Crippen molar-refractivity contribution in [3.8, 4) is 23.1 Å². The first kappa shape index (κ1) is 26.5. The van der Waals surface area contributed by atoms with Gasteiger partial charge in [0.2, 0.25) is 0 Å². The average molecular weight is 581 g/mol. The van der Waals surface area contributed by atoms with Crippen LogP contribution in [-0.2, 0) is 0 Å². The number of phenols is 1. The minimum absolute atomic E-state index is 0.0819. The maximum Gasteiger partial charge on any atom is 0.349 e. The summed E-state index contributed by atoms with van der Waals surface area (Å²) in [6.07, 6.45) is 1.37. The first-order chi connectivity index (χ1) is 19.8. The number of alkyl halides is 1. The SMILES string of the molecule is Cc1c(-c2cc(O)cc3cccc(F)c23)oc(=O)c2c(N3CCSCC3)nc(OC[C@@]34CCCN3C[C@H](F)C4)nc12. The number of fused-ring (bicyclic) bond motifs is 3. The van der Waals surface area contributed by atoms with Crippen LogP contribution >= 0.6 is 11.8 Å². The van der Waals surface area contributed by atoms with Gasteiger partial charge in [-0.05, 0) is 49.9 Å². The predicted molar refractivity (Wildman–Crippen MR) is 155 cm³/mol. The van der Waals surface area contributed by atoms with E-state index >= 15 is 4.39 Å². The molecule has 0 radical (unpaired) electrons. The predicted octanol–water partition coefficient (Wildman–Crippen LogP) is 5.06. The molecule has 3 fully saturated rings. The van der Waals surface area contributed by atoms with Crippen LogP contribution in [0.2, 0.25) is 0 Å². The Morgan fingerprint density at radius 2 is 2.02 bits per heavy atom. The lowest BCUT2D eigenvalue weighted by Crippen LogP contribution is -2.43. The van der Waals surface area contributed by atoms with Crippen molar-refractivity contribution < 1.29 is 23.0 Å². The van der Waals surface area contributed by atoms with Crippen LogP contribution in [-0.4, -0.2) is 76.0 Å². The van der Waals surface area contributed by atoms with E-state index in [0.717, 1.165) is 30.9 Å². The zero-order valence-corrected chi connectivity index (χ0v) is 23.5. The van der Waals surface area contributed by atoms with Gasteiger partial charge < -0.3 is 19.2 Å². The van der Waals surface area contributed by atoms with E-state index in [1.54, 1.807) is 19.1 Å². The van der Waals surface area contributed by atoms with Crippen LogP contribution in [0.25, 0.3) is 33.0 Å². The molecule has 3 aliphatic heterocycles. The summed E-state index contributed by atoms with van der Waals surface area (Å²) in [4.78, 5) is 27.3. The summed E-state index contributed by atoms with van der Waals surface area (Å²) in [7, 11) is 0. The molecule has 214 valence electrons. The molecular weight excluding hydrogens is 550 g/mol. The van der Waals surface area contributed by atoms with E-state index in [-0.39, 0.29) is 46.0 Å². The summed E-state index contributed by atoms with van der Waals surface area (Å²) in [5.41, 5.74) is 0.0721. The molecule has 2 aromatic carbocycles. The van der Waals surface area contributed by atoms with Gasteiger partial charge in [0, 0.05) is 54.1 Å². The number of halogens is 2. The number of nitrogens with zero attached hydrogens (tertiary/aromatic N) is 4. The highest BCUT2D eigenvalue weighted by atomic mass is 32.2. The van der Waals surface area contributed by atoms with Gasteiger partial charge in [0.15, 0.2) is 5.82 Å². The third kappa shape index (κ3) is 4.50. The molecule has 3 aliphatic rings. The lowest BCUT2D eigenvalue weighted by molar-refractivity contribution is 0.107. The summed E-state index contributed by atoms with van der Waals surface area (Å²) in [6.45, 7) is 4.66. The summed E-state index contributed by atoms with van der Waals surface area (Å²) in [5, 5.41) is 11.4. The minimum atomic E-state index is -0.884. The third-order valence-electron chi connectivity index (χ3n) is 8.66. The summed E-state index contributed by atoms with van der Waals surface area (Å²) >= 11 is 1.83. The smallest absolute Gasteiger partial charge is 0.349 e. The van der Waals surface area contributed by atoms with E-state index in [1.165, 1.54) is 18.2 Å². The maximum absolute atomic E-state index is 15.1. The van der Waals surface area contributed by atoms with Gasteiger partial charge in [-0.1, -0.05) is 12.1 Å². The Morgan fingerprint density at radius 3 is 2.85 bits per heavy atom. The van der Waals surface area contributed by atoms with Gasteiger partial charge >= 0.3 is 11.6 Å². The Hall–Kier alpha value is -3.44. The molecule has 0 bridgehead atoms. The fraction of sp³-hybridized carbons (Fsp3) is 0.433. The molecule has 0 amide bonds. The highest BCUT2D eigenvalue weighted by Gasteiger charge is 2.49. The van der Waals surface area contributed by atoms with Crippen LogP contribution in [0.1, 0.15) is 24.8 Å². The Kier molecular flexibility index (Phi) is 6.54. The standard InChI is InChI=1S/C30H30F2N4O4S/c1-17-25-24(28(38)40-26(17)21-13-20(37)12-18-4-2-5-22(32)23(18)21)27(35-8-10-41-11-9-35)34-29(33-25)39-16-30-6-3-7-36(30)15-19(31)14-30/h2,4-5,12-13,19,37H,3,6-11,14-16H2,1H3/t19-,30+/m1/s1. The van der Waals surface area contributed by atoms with Crippen LogP contribution in [0.15, 0.2) is 39.5 Å². The Morgan fingerprint density at radius 1 is 1.20 bits per heavy atom. The molecule has 0 spiro atoms. The zero-order valence-electron chi connectivity index (χ0n) is 22.7. The second-order valence-electron chi connectivity index (χ2n) is 11.2. The van der Waals surface area contributed by atoms with Crippen molar-refractivity contribution >= 4 is 39.3 Å². The molecule has 5 heterocycles. The number of phenolic OH excluding ortho intramolecular Hbond substituents is 1. The molecule has 4 aromatic rings. The van der Waals surface area contributed by atoms with Crippen LogP contribution in [0.3, 0.4) is 0 Å². The molecule has 0 unspecified atom stereocenters. The number of hydrogen-bond donors (Lipinski definition) is 1. The van der Waals surface area contributed by atoms with Gasteiger partial charge in [0.1, 0.15) is 35.5 Å². The summed E-state index contributed by atoms with van der Waals surface area (Å²) in [6, 6.07) is 7.55. The molecular formula is C30H30F2N4O4S. The normalized spacial score (nSPS) is 23.0. The molecule has 0 saturated carbocycles. The van der Waals surface area contributed by atoms with Gasteiger partial charge in [-0.15, -0.1) is 0 Å². The Labute approximate surface area is 239 Å². The molecule has 8 nitrogen and oxygen atoms in total. The lowest BCUT2D eigenvalue weighted by Gasteiger charge is -2.31. The highest BCUT2D eigenvalue weighted by molar-refractivity contribution is 7.99. The maximum atomic E-state index is 15.1. The van der Waals surface area contributed by atoms with Crippen molar-refractivity contribution in [1.82, 2.24) is 14.9 Å². The highest BCUT2D eigenvalue weighted by Crippen LogP contribution is 2.41. The number of benzene rings is 2. The molecule has 2 aromatic heterocycles. The molecule has 3 saturated heterocycles. The molecule has 1 N–H and O–H groups in total. The van der Waals surface area contributed by atoms with Gasteiger partial charge in [-0.2, -0.15) is 21.7 Å². The second-order valence-corrected chi connectivity index (χ2v) is 12.4. The van der Waals surface area contributed by atoms with Crippen molar-refractivity contribution in [2.75, 3.05) is 49.2 Å².